The fourth-order valence-electron chi connectivity index (χ4n) is 1.84. The van der Waals surface area contributed by atoms with E-state index in [1.165, 1.54) is 12.0 Å². The van der Waals surface area contributed by atoms with E-state index in [1.54, 1.807) is 14.0 Å². The lowest BCUT2D eigenvalue weighted by molar-refractivity contribution is -0.147. The highest BCUT2D eigenvalue weighted by Gasteiger charge is 2.31. The maximum atomic E-state index is 13.8. The molecule has 0 N–H and O–H groups in total. The zero-order valence-electron chi connectivity index (χ0n) is 13.1. The first kappa shape index (κ1) is 19.2. The average Bonchev–Trinajstić information content (AvgIpc) is 2.49. The molecule has 8 heteroatoms. The number of nitrogens with zero attached hydrogens (tertiary/aromatic N) is 1. The fourth-order valence-corrected chi connectivity index (χ4v) is 1.84. The number of anilines is 1. The molecule has 1 aromatic rings. The van der Waals surface area contributed by atoms with Crippen molar-refractivity contribution in [3.8, 4) is 0 Å². The summed E-state index contributed by atoms with van der Waals surface area (Å²) in [5, 5.41) is 0. The quantitative estimate of drug-likeness (QED) is 0.566. The van der Waals surface area contributed by atoms with E-state index >= 15 is 0 Å². The second kappa shape index (κ2) is 8.14. The number of carbonyl (C=O) groups excluding carboxylic acids is 1. The summed E-state index contributed by atoms with van der Waals surface area (Å²) in [6.45, 7) is 1.90. The summed E-state index contributed by atoms with van der Waals surface area (Å²) in [4.78, 5) is 12.4. The molecule has 4 nitrogen and oxygen atoms in total. The van der Waals surface area contributed by atoms with Gasteiger partial charge in [-0.1, -0.05) is 0 Å². The van der Waals surface area contributed by atoms with Crippen molar-refractivity contribution in [2.75, 3.05) is 32.2 Å². The van der Waals surface area contributed by atoms with Gasteiger partial charge >= 0.3 is 12.1 Å². The monoisotopic (exact) mass is 337 g/mol. The molecule has 0 aliphatic carbocycles. The van der Waals surface area contributed by atoms with Crippen LogP contribution in [0.1, 0.15) is 18.9 Å². The van der Waals surface area contributed by atoms with Crippen LogP contribution in [0.4, 0.5) is 23.2 Å². The summed E-state index contributed by atoms with van der Waals surface area (Å²) in [7, 11) is 2.82. The third-order valence-corrected chi connectivity index (χ3v) is 3.27. The van der Waals surface area contributed by atoms with Crippen molar-refractivity contribution in [1.29, 1.82) is 0 Å². The molecular weight excluding hydrogens is 318 g/mol. The van der Waals surface area contributed by atoms with Crippen molar-refractivity contribution in [2.45, 2.75) is 25.6 Å². The zero-order valence-corrected chi connectivity index (χ0v) is 13.1. The van der Waals surface area contributed by atoms with Crippen LogP contribution in [0.2, 0.25) is 0 Å². The van der Waals surface area contributed by atoms with Gasteiger partial charge in [-0.3, -0.25) is 0 Å². The summed E-state index contributed by atoms with van der Waals surface area (Å²) in [5.41, 5.74) is -0.958. The van der Waals surface area contributed by atoms with Gasteiger partial charge in [0.25, 0.3) is 0 Å². The van der Waals surface area contributed by atoms with E-state index in [2.05, 4.69) is 4.74 Å². The number of hydrogen-bond donors (Lipinski definition) is 0. The standard InChI is InChI=1S/C15H19F4NO3/c1-10(23-9-14(21)22-3)6-7-20(2)13-5-4-11(8-12(13)16)15(17,18)19/h4-5,8,10H,6-7,9H2,1-3H3. The van der Waals surface area contributed by atoms with Gasteiger partial charge in [0.05, 0.1) is 24.5 Å². The second-order valence-electron chi connectivity index (χ2n) is 5.07. The Hall–Kier alpha value is -1.83. The van der Waals surface area contributed by atoms with Gasteiger partial charge in [0.2, 0.25) is 0 Å². The summed E-state index contributed by atoms with van der Waals surface area (Å²) in [6, 6.07) is 2.41. The molecule has 0 aliphatic heterocycles. The Balaban J connectivity index is 2.58. The highest BCUT2D eigenvalue weighted by Crippen LogP contribution is 2.32. The van der Waals surface area contributed by atoms with E-state index in [9.17, 15) is 22.4 Å². The number of rotatable bonds is 7. The van der Waals surface area contributed by atoms with Crippen molar-refractivity contribution in [1.82, 2.24) is 0 Å². The molecule has 130 valence electrons. The van der Waals surface area contributed by atoms with E-state index in [1.807, 2.05) is 0 Å². The molecule has 23 heavy (non-hydrogen) atoms. The van der Waals surface area contributed by atoms with Crippen LogP contribution in [0.5, 0.6) is 0 Å². The third-order valence-electron chi connectivity index (χ3n) is 3.27. The Kier molecular flexibility index (Phi) is 6.80. The van der Waals surface area contributed by atoms with Crippen molar-refractivity contribution >= 4 is 11.7 Å². The number of methoxy groups -OCH3 is 1. The van der Waals surface area contributed by atoms with Crippen molar-refractivity contribution in [3.63, 3.8) is 0 Å². The lowest BCUT2D eigenvalue weighted by Crippen LogP contribution is -2.25. The first-order chi connectivity index (χ1) is 10.6. The molecule has 0 spiro atoms. The summed E-state index contributed by atoms with van der Waals surface area (Å²) >= 11 is 0. The van der Waals surface area contributed by atoms with Crippen LogP contribution in [0.25, 0.3) is 0 Å². The Labute approximate surface area is 132 Å². The summed E-state index contributed by atoms with van der Waals surface area (Å²) in [6.07, 6.45) is -4.39. The molecule has 0 heterocycles. The molecule has 0 aromatic heterocycles. The van der Waals surface area contributed by atoms with Gasteiger partial charge in [-0.05, 0) is 31.5 Å². The first-order valence-electron chi connectivity index (χ1n) is 6.91. The average molecular weight is 337 g/mol. The van der Waals surface area contributed by atoms with Crippen LogP contribution in [-0.4, -0.2) is 39.4 Å². The number of halogens is 4. The molecule has 0 saturated carbocycles. The number of hydrogen-bond acceptors (Lipinski definition) is 4. The summed E-state index contributed by atoms with van der Waals surface area (Å²) < 4.78 is 61.0. The van der Waals surface area contributed by atoms with Gasteiger partial charge in [-0.2, -0.15) is 13.2 Å². The SMILES string of the molecule is COC(=O)COC(C)CCN(C)c1ccc(C(F)(F)F)cc1F. The van der Waals surface area contributed by atoms with Crippen LogP contribution < -0.4 is 4.90 Å². The minimum atomic E-state index is -4.58. The van der Waals surface area contributed by atoms with Gasteiger partial charge < -0.3 is 14.4 Å². The topological polar surface area (TPSA) is 38.8 Å². The molecule has 0 aliphatic rings. The molecule has 0 bridgehead atoms. The second-order valence-corrected chi connectivity index (χ2v) is 5.07. The lowest BCUT2D eigenvalue weighted by atomic mass is 10.1. The maximum Gasteiger partial charge on any atom is 0.416 e. The molecule has 0 amide bonds. The largest absolute Gasteiger partial charge is 0.467 e. The highest BCUT2D eigenvalue weighted by atomic mass is 19.4. The van der Waals surface area contributed by atoms with Crippen molar-refractivity contribution in [3.05, 3.63) is 29.6 Å². The van der Waals surface area contributed by atoms with E-state index in [0.29, 0.717) is 19.0 Å². The van der Waals surface area contributed by atoms with Crippen LogP contribution in [0, 0.1) is 5.82 Å². The molecule has 0 saturated heterocycles. The third kappa shape index (κ3) is 6.05. The number of benzene rings is 1. The normalized spacial score (nSPS) is 12.8. The van der Waals surface area contributed by atoms with Crippen LogP contribution in [0.3, 0.4) is 0 Å². The Morgan fingerprint density at radius 3 is 2.52 bits per heavy atom. The predicted molar refractivity (Wildman–Crippen MR) is 76.7 cm³/mol. The van der Waals surface area contributed by atoms with Gasteiger partial charge in [-0.25, -0.2) is 9.18 Å². The van der Waals surface area contributed by atoms with Gasteiger partial charge in [-0.15, -0.1) is 0 Å². The number of esters is 1. The van der Waals surface area contributed by atoms with E-state index in [4.69, 9.17) is 4.74 Å². The van der Waals surface area contributed by atoms with Crippen LogP contribution in [0.15, 0.2) is 18.2 Å². The minimum Gasteiger partial charge on any atom is -0.467 e. The van der Waals surface area contributed by atoms with Crippen LogP contribution >= 0.6 is 0 Å². The number of carbonyl (C=O) groups is 1. The number of ether oxygens (including phenoxy) is 2. The van der Waals surface area contributed by atoms with Crippen molar-refractivity contribution < 1.29 is 31.8 Å². The molecule has 1 unspecified atom stereocenters. The predicted octanol–water partition coefficient (Wildman–Crippen LogP) is 3.25. The minimum absolute atomic E-state index is 0.0677. The fraction of sp³-hybridized carbons (Fsp3) is 0.533. The molecule has 0 fully saturated rings. The van der Waals surface area contributed by atoms with Crippen LogP contribution in [-0.2, 0) is 20.4 Å². The zero-order chi connectivity index (χ0) is 17.6. The molecule has 1 aromatic carbocycles. The smallest absolute Gasteiger partial charge is 0.416 e. The highest BCUT2D eigenvalue weighted by molar-refractivity contribution is 5.70. The van der Waals surface area contributed by atoms with Gasteiger partial charge in [0.15, 0.2) is 0 Å². The maximum absolute atomic E-state index is 13.8. The van der Waals surface area contributed by atoms with Gasteiger partial charge in [0, 0.05) is 13.6 Å². The molecule has 0 radical (unpaired) electrons. The van der Waals surface area contributed by atoms with E-state index in [0.717, 1.165) is 12.1 Å². The summed E-state index contributed by atoms with van der Waals surface area (Å²) in [5.74, 6) is -1.44. The van der Waals surface area contributed by atoms with E-state index in [-0.39, 0.29) is 18.4 Å². The first-order valence-corrected chi connectivity index (χ1v) is 6.91. The lowest BCUT2D eigenvalue weighted by Gasteiger charge is -2.22. The molecular formula is C15H19F4NO3. The Morgan fingerprint density at radius 2 is 2.00 bits per heavy atom. The Bertz CT molecular complexity index is 534. The molecule has 1 atom stereocenters. The van der Waals surface area contributed by atoms with Crippen molar-refractivity contribution in [2.24, 2.45) is 0 Å². The van der Waals surface area contributed by atoms with E-state index < -0.39 is 23.5 Å². The number of alkyl halides is 3. The Morgan fingerprint density at radius 1 is 1.35 bits per heavy atom. The van der Waals surface area contributed by atoms with Gasteiger partial charge in [0.1, 0.15) is 12.4 Å². The molecule has 1 rings (SSSR count).